The van der Waals surface area contributed by atoms with Crippen molar-refractivity contribution in [2.24, 2.45) is 0 Å². The second-order valence-electron chi connectivity index (χ2n) is 3.17. The Hall–Kier alpha value is -1.52. The summed E-state index contributed by atoms with van der Waals surface area (Å²) >= 11 is 5.74. The number of aliphatic hydroxyl groups excluding tert-OH is 1. The van der Waals surface area contributed by atoms with E-state index in [9.17, 15) is 0 Å². The Balaban J connectivity index is 2.42. The van der Waals surface area contributed by atoms with E-state index in [-0.39, 0.29) is 11.8 Å². The minimum Gasteiger partial charge on any atom is -0.497 e. The van der Waals surface area contributed by atoms with Gasteiger partial charge in [-0.2, -0.15) is 0 Å². The summed E-state index contributed by atoms with van der Waals surface area (Å²) in [5.41, 5.74) is 1.86. The van der Waals surface area contributed by atoms with Crippen molar-refractivity contribution in [3.05, 3.63) is 35.0 Å². The van der Waals surface area contributed by atoms with E-state index in [1.54, 1.807) is 19.2 Å². The van der Waals surface area contributed by atoms with Crippen molar-refractivity contribution in [2.75, 3.05) is 7.11 Å². The molecule has 84 valence electrons. The Morgan fingerprint density at radius 1 is 1.38 bits per heavy atom. The van der Waals surface area contributed by atoms with Crippen LogP contribution in [0.4, 0.5) is 0 Å². The lowest BCUT2D eigenvalue weighted by atomic mass is 10.1. The van der Waals surface area contributed by atoms with E-state index in [1.165, 1.54) is 0 Å². The van der Waals surface area contributed by atoms with Gasteiger partial charge in [0, 0.05) is 5.56 Å². The number of aromatic nitrogens is 1. The van der Waals surface area contributed by atoms with E-state index in [0.717, 1.165) is 11.3 Å². The van der Waals surface area contributed by atoms with Gasteiger partial charge in [0.1, 0.15) is 11.4 Å². The van der Waals surface area contributed by atoms with Gasteiger partial charge in [0.25, 0.3) is 0 Å². The Morgan fingerprint density at radius 3 is 2.62 bits per heavy atom. The molecular weight excluding hydrogens is 230 g/mol. The van der Waals surface area contributed by atoms with Gasteiger partial charge in [-0.15, -0.1) is 0 Å². The molecule has 0 amide bonds. The number of hydrogen-bond donors (Lipinski definition) is 1. The summed E-state index contributed by atoms with van der Waals surface area (Å²) in [7, 11) is 1.60. The van der Waals surface area contributed by atoms with Crippen molar-refractivity contribution in [3.8, 4) is 17.0 Å². The van der Waals surface area contributed by atoms with Crippen molar-refractivity contribution < 1.29 is 14.4 Å². The standard InChI is InChI=1S/C11H10ClNO3/c1-15-8-4-2-7(3-5-8)10-9(6-14)11(12)16-13-10/h2-5,14H,6H2,1H3. The van der Waals surface area contributed by atoms with Crippen LogP contribution in [0.2, 0.25) is 5.22 Å². The quantitative estimate of drug-likeness (QED) is 0.894. The lowest BCUT2D eigenvalue weighted by Gasteiger charge is -2.01. The molecule has 0 saturated heterocycles. The van der Waals surface area contributed by atoms with Crippen molar-refractivity contribution in [2.45, 2.75) is 6.61 Å². The molecule has 0 spiro atoms. The molecular formula is C11H10ClNO3. The van der Waals surface area contributed by atoms with Gasteiger partial charge in [0.05, 0.1) is 19.3 Å². The zero-order chi connectivity index (χ0) is 11.5. The highest BCUT2D eigenvalue weighted by Gasteiger charge is 2.14. The average Bonchev–Trinajstić information content (AvgIpc) is 2.70. The highest BCUT2D eigenvalue weighted by molar-refractivity contribution is 6.29. The Morgan fingerprint density at radius 2 is 2.06 bits per heavy atom. The largest absolute Gasteiger partial charge is 0.497 e. The third kappa shape index (κ3) is 1.89. The normalized spacial score (nSPS) is 10.4. The van der Waals surface area contributed by atoms with Crippen LogP contribution in [-0.2, 0) is 6.61 Å². The van der Waals surface area contributed by atoms with Crippen LogP contribution in [0.1, 0.15) is 5.56 Å². The molecule has 0 unspecified atom stereocenters. The Kier molecular flexibility index (Phi) is 3.12. The molecule has 0 bridgehead atoms. The van der Waals surface area contributed by atoms with Gasteiger partial charge in [-0.1, -0.05) is 5.16 Å². The highest BCUT2D eigenvalue weighted by Crippen LogP contribution is 2.29. The molecule has 1 aromatic heterocycles. The summed E-state index contributed by atoms with van der Waals surface area (Å²) < 4.78 is 9.87. The van der Waals surface area contributed by atoms with Crippen LogP contribution in [0.25, 0.3) is 11.3 Å². The number of hydrogen-bond acceptors (Lipinski definition) is 4. The van der Waals surface area contributed by atoms with Crippen LogP contribution >= 0.6 is 11.6 Å². The van der Waals surface area contributed by atoms with Crippen molar-refractivity contribution in [3.63, 3.8) is 0 Å². The van der Waals surface area contributed by atoms with Crippen LogP contribution in [0.15, 0.2) is 28.8 Å². The highest BCUT2D eigenvalue weighted by atomic mass is 35.5. The maximum absolute atomic E-state index is 9.14. The van der Waals surface area contributed by atoms with Crippen molar-refractivity contribution >= 4 is 11.6 Å². The lowest BCUT2D eigenvalue weighted by molar-refractivity contribution is 0.281. The molecule has 0 aliphatic heterocycles. The molecule has 2 rings (SSSR count). The van der Waals surface area contributed by atoms with Gasteiger partial charge in [-0.05, 0) is 35.9 Å². The molecule has 0 atom stereocenters. The molecule has 0 aliphatic rings. The monoisotopic (exact) mass is 239 g/mol. The molecule has 1 N–H and O–H groups in total. The van der Waals surface area contributed by atoms with Crippen LogP contribution in [0.3, 0.4) is 0 Å². The molecule has 16 heavy (non-hydrogen) atoms. The molecule has 1 heterocycles. The van der Waals surface area contributed by atoms with Gasteiger partial charge in [-0.3, -0.25) is 0 Å². The number of benzene rings is 1. The van der Waals surface area contributed by atoms with Gasteiger partial charge >= 0.3 is 0 Å². The molecule has 2 aromatic rings. The van der Waals surface area contributed by atoms with Crippen molar-refractivity contribution in [1.82, 2.24) is 5.16 Å². The summed E-state index contributed by atoms with van der Waals surface area (Å²) in [6.07, 6.45) is 0. The number of methoxy groups -OCH3 is 1. The molecule has 0 radical (unpaired) electrons. The van der Waals surface area contributed by atoms with E-state index in [0.29, 0.717) is 11.3 Å². The fourth-order valence-corrected chi connectivity index (χ4v) is 1.59. The number of halogens is 1. The van der Waals surface area contributed by atoms with Gasteiger partial charge in [-0.25, -0.2) is 0 Å². The molecule has 5 heteroatoms. The smallest absolute Gasteiger partial charge is 0.232 e. The van der Waals surface area contributed by atoms with E-state index in [1.807, 2.05) is 12.1 Å². The number of rotatable bonds is 3. The van der Waals surface area contributed by atoms with Crippen LogP contribution in [0.5, 0.6) is 5.75 Å². The molecule has 4 nitrogen and oxygen atoms in total. The summed E-state index contributed by atoms with van der Waals surface area (Å²) in [6, 6.07) is 7.26. The number of nitrogens with zero attached hydrogens (tertiary/aromatic N) is 1. The first kappa shape index (κ1) is 11.0. The van der Waals surface area contributed by atoms with E-state index in [4.69, 9.17) is 26.0 Å². The summed E-state index contributed by atoms with van der Waals surface area (Å²) in [5, 5.41) is 13.1. The third-order valence-electron chi connectivity index (χ3n) is 2.26. The zero-order valence-corrected chi connectivity index (χ0v) is 9.36. The van der Waals surface area contributed by atoms with E-state index in [2.05, 4.69) is 5.16 Å². The minimum absolute atomic E-state index is 0.119. The second kappa shape index (κ2) is 4.55. The van der Waals surface area contributed by atoms with E-state index >= 15 is 0 Å². The number of aliphatic hydroxyl groups is 1. The van der Waals surface area contributed by atoms with Gasteiger partial charge in [0.2, 0.25) is 5.22 Å². The lowest BCUT2D eigenvalue weighted by Crippen LogP contribution is -1.87. The predicted molar refractivity (Wildman–Crippen MR) is 59.4 cm³/mol. The van der Waals surface area contributed by atoms with Crippen molar-refractivity contribution in [1.29, 1.82) is 0 Å². The fraction of sp³-hybridized carbons (Fsp3) is 0.182. The Bertz CT molecular complexity index is 478. The molecule has 0 fully saturated rings. The molecule has 0 saturated carbocycles. The predicted octanol–water partition coefficient (Wildman–Crippen LogP) is 2.50. The SMILES string of the molecule is COc1ccc(-c2noc(Cl)c2CO)cc1. The summed E-state index contributed by atoms with van der Waals surface area (Å²) in [4.78, 5) is 0. The minimum atomic E-state index is -0.205. The maximum atomic E-state index is 9.14. The topological polar surface area (TPSA) is 55.5 Å². The first-order valence-electron chi connectivity index (χ1n) is 4.65. The second-order valence-corrected chi connectivity index (χ2v) is 3.51. The van der Waals surface area contributed by atoms with Gasteiger partial charge < -0.3 is 14.4 Å². The van der Waals surface area contributed by atoms with Crippen LogP contribution in [0, 0.1) is 0 Å². The van der Waals surface area contributed by atoms with Crippen LogP contribution < -0.4 is 4.74 Å². The fourth-order valence-electron chi connectivity index (χ4n) is 1.40. The van der Waals surface area contributed by atoms with E-state index < -0.39 is 0 Å². The zero-order valence-electron chi connectivity index (χ0n) is 8.61. The molecule has 1 aromatic carbocycles. The summed E-state index contributed by atoms with van der Waals surface area (Å²) in [6.45, 7) is -0.205. The third-order valence-corrected chi connectivity index (χ3v) is 2.56. The van der Waals surface area contributed by atoms with Gasteiger partial charge in [0.15, 0.2) is 0 Å². The summed E-state index contributed by atoms with van der Waals surface area (Å²) in [5.74, 6) is 0.754. The number of ether oxygens (including phenoxy) is 1. The first-order valence-corrected chi connectivity index (χ1v) is 5.03. The average molecular weight is 240 g/mol. The van der Waals surface area contributed by atoms with Crippen LogP contribution in [-0.4, -0.2) is 17.4 Å². The molecule has 0 aliphatic carbocycles. The first-order chi connectivity index (χ1) is 7.76. The Labute approximate surface area is 97.4 Å². The maximum Gasteiger partial charge on any atom is 0.232 e.